The molecule has 0 aliphatic heterocycles. The summed E-state index contributed by atoms with van der Waals surface area (Å²) < 4.78 is 0. The number of aromatic amines is 2. The van der Waals surface area contributed by atoms with Gasteiger partial charge >= 0.3 is 0 Å². The van der Waals surface area contributed by atoms with Crippen LogP contribution in [0.4, 0.5) is 0 Å². The summed E-state index contributed by atoms with van der Waals surface area (Å²) >= 11 is 0. The van der Waals surface area contributed by atoms with Crippen molar-refractivity contribution in [3.05, 3.63) is 12.7 Å². The molecular weight excluding hydrogens is 132 g/mol. The minimum absolute atomic E-state index is 0.539. The quantitative estimate of drug-likeness (QED) is 0.546. The molecular formula is C4H3N6. The van der Waals surface area contributed by atoms with Gasteiger partial charge in [0.1, 0.15) is 6.33 Å². The third-order valence-corrected chi connectivity index (χ3v) is 1.01. The van der Waals surface area contributed by atoms with Crippen LogP contribution in [-0.4, -0.2) is 30.4 Å². The van der Waals surface area contributed by atoms with Crippen LogP contribution in [0.1, 0.15) is 0 Å². The third-order valence-electron chi connectivity index (χ3n) is 1.01. The average Bonchev–Trinajstić information content (AvgIpc) is 2.59. The summed E-state index contributed by atoms with van der Waals surface area (Å²) in [6, 6.07) is 0. The van der Waals surface area contributed by atoms with E-state index in [0.29, 0.717) is 11.6 Å². The van der Waals surface area contributed by atoms with Crippen molar-refractivity contribution in [3.8, 4) is 11.6 Å². The topological polar surface area (TPSA) is 83.1 Å². The van der Waals surface area contributed by atoms with Gasteiger partial charge in [-0.3, -0.25) is 5.10 Å². The van der Waals surface area contributed by atoms with Gasteiger partial charge in [-0.05, 0) is 0 Å². The summed E-state index contributed by atoms with van der Waals surface area (Å²) in [5, 5.41) is 13.4. The molecule has 0 saturated heterocycles. The summed E-state index contributed by atoms with van der Waals surface area (Å²) in [5.41, 5.74) is 0. The molecule has 0 amide bonds. The minimum Gasteiger partial charge on any atom is -0.325 e. The summed E-state index contributed by atoms with van der Waals surface area (Å²) in [4.78, 5) is 6.50. The van der Waals surface area contributed by atoms with Crippen molar-refractivity contribution in [2.75, 3.05) is 0 Å². The van der Waals surface area contributed by atoms with Gasteiger partial charge in [-0.1, -0.05) is 0 Å². The molecule has 49 valence electrons. The Morgan fingerprint density at radius 3 is 3.00 bits per heavy atom. The molecule has 2 aromatic rings. The zero-order chi connectivity index (χ0) is 6.81. The number of hydrogen-bond acceptors (Lipinski definition) is 4. The maximum atomic E-state index is 3.73. The molecule has 2 heterocycles. The highest BCUT2D eigenvalue weighted by molar-refractivity contribution is 5.38. The molecule has 0 fully saturated rings. The molecule has 0 aromatic carbocycles. The number of aromatic nitrogens is 6. The Balaban J connectivity index is 2.48. The summed E-state index contributed by atoms with van der Waals surface area (Å²) in [6.45, 7) is 0. The second-order valence-corrected chi connectivity index (χ2v) is 1.62. The van der Waals surface area contributed by atoms with Crippen LogP contribution < -0.4 is 0 Å². The van der Waals surface area contributed by atoms with Gasteiger partial charge in [0.2, 0.25) is 6.33 Å². The fourth-order valence-electron chi connectivity index (χ4n) is 0.605. The smallest absolute Gasteiger partial charge is 0.221 e. The summed E-state index contributed by atoms with van der Waals surface area (Å²) in [5.74, 6) is 1.10. The number of rotatable bonds is 1. The molecule has 0 atom stereocenters. The molecule has 10 heavy (non-hydrogen) atoms. The standard InChI is InChI=1S/C4H3N6/c1-5-3(9-7-1)4-6-2-8-10-4/h1H,(H,5,7,9)(H,6,8,10). The van der Waals surface area contributed by atoms with Crippen molar-refractivity contribution in [3.63, 3.8) is 0 Å². The Kier molecular flexibility index (Phi) is 0.970. The number of nitrogens with one attached hydrogen (secondary N) is 2. The van der Waals surface area contributed by atoms with Crippen molar-refractivity contribution in [2.24, 2.45) is 0 Å². The van der Waals surface area contributed by atoms with Gasteiger partial charge in [0.15, 0.2) is 11.6 Å². The van der Waals surface area contributed by atoms with E-state index in [-0.39, 0.29) is 0 Å². The van der Waals surface area contributed by atoms with Gasteiger partial charge in [-0.25, -0.2) is 4.98 Å². The fraction of sp³-hybridized carbons (Fsp3) is 0. The Morgan fingerprint density at radius 2 is 2.40 bits per heavy atom. The molecule has 1 radical (unpaired) electrons. The molecule has 0 aliphatic rings. The van der Waals surface area contributed by atoms with Gasteiger partial charge < -0.3 is 4.98 Å². The second-order valence-electron chi connectivity index (χ2n) is 1.62. The van der Waals surface area contributed by atoms with Crippen LogP contribution in [0, 0.1) is 6.33 Å². The van der Waals surface area contributed by atoms with E-state index in [9.17, 15) is 0 Å². The van der Waals surface area contributed by atoms with E-state index >= 15 is 0 Å². The van der Waals surface area contributed by atoms with Gasteiger partial charge in [0.05, 0.1) is 0 Å². The van der Waals surface area contributed by atoms with Crippen molar-refractivity contribution in [1.29, 1.82) is 0 Å². The SMILES string of the molecule is [c]1n[nH]c(-c2nnc[nH]2)n1. The van der Waals surface area contributed by atoms with Crippen LogP contribution in [0.25, 0.3) is 11.6 Å². The maximum Gasteiger partial charge on any atom is 0.221 e. The second kappa shape index (κ2) is 1.90. The predicted molar refractivity (Wildman–Crippen MR) is 30.6 cm³/mol. The first-order chi connectivity index (χ1) is 4.97. The lowest BCUT2D eigenvalue weighted by molar-refractivity contribution is 1.05. The molecule has 0 bridgehead atoms. The normalized spacial score (nSPS) is 10.0. The van der Waals surface area contributed by atoms with E-state index < -0.39 is 0 Å². The molecule has 6 heteroatoms. The number of hydrogen-bond donors (Lipinski definition) is 2. The Hall–Kier alpha value is -1.72. The van der Waals surface area contributed by atoms with E-state index in [1.165, 1.54) is 6.33 Å². The third kappa shape index (κ3) is 0.661. The van der Waals surface area contributed by atoms with Gasteiger partial charge in [0, 0.05) is 0 Å². The van der Waals surface area contributed by atoms with Gasteiger partial charge in [-0.15, -0.1) is 15.3 Å². The lowest BCUT2D eigenvalue weighted by atomic mass is 10.6. The molecule has 2 aromatic heterocycles. The fourth-order valence-corrected chi connectivity index (χ4v) is 0.605. The van der Waals surface area contributed by atoms with E-state index in [4.69, 9.17) is 0 Å². The highest BCUT2D eigenvalue weighted by Crippen LogP contribution is 2.01. The Labute approximate surface area is 55.7 Å². The van der Waals surface area contributed by atoms with Crippen LogP contribution in [0.15, 0.2) is 6.33 Å². The lowest BCUT2D eigenvalue weighted by Gasteiger charge is -1.81. The molecule has 0 unspecified atom stereocenters. The lowest BCUT2D eigenvalue weighted by Crippen LogP contribution is -1.82. The first-order valence-electron chi connectivity index (χ1n) is 2.61. The Morgan fingerprint density at radius 1 is 1.40 bits per heavy atom. The Bertz CT molecular complexity index is 249. The van der Waals surface area contributed by atoms with Crippen LogP contribution in [0.3, 0.4) is 0 Å². The number of H-pyrrole nitrogens is 2. The van der Waals surface area contributed by atoms with Gasteiger partial charge in [0.25, 0.3) is 0 Å². The predicted octanol–water partition coefficient (Wildman–Crippen LogP) is -0.610. The van der Waals surface area contributed by atoms with Crippen molar-refractivity contribution < 1.29 is 0 Å². The van der Waals surface area contributed by atoms with E-state index in [0.717, 1.165) is 0 Å². The minimum atomic E-state index is 0.539. The highest BCUT2D eigenvalue weighted by atomic mass is 15.3. The van der Waals surface area contributed by atoms with E-state index in [1.807, 2.05) is 0 Å². The van der Waals surface area contributed by atoms with E-state index in [1.54, 1.807) is 0 Å². The van der Waals surface area contributed by atoms with Crippen molar-refractivity contribution in [2.45, 2.75) is 0 Å². The van der Waals surface area contributed by atoms with E-state index in [2.05, 4.69) is 36.7 Å². The molecule has 0 aliphatic carbocycles. The summed E-state index contributed by atoms with van der Waals surface area (Å²) in [7, 11) is 0. The van der Waals surface area contributed by atoms with Crippen LogP contribution in [0.2, 0.25) is 0 Å². The largest absolute Gasteiger partial charge is 0.325 e. The highest BCUT2D eigenvalue weighted by Gasteiger charge is 2.01. The first kappa shape index (κ1) is 5.10. The molecule has 2 rings (SSSR count). The molecule has 6 nitrogen and oxygen atoms in total. The van der Waals surface area contributed by atoms with Crippen LogP contribution >= 0.6 is 0 Å². The maximum absolute atomic E-state index is 3.73. The monoisotopic (exact) mass is 135 g/mol. The first-order valence-corrected chi connectivity index (χ1v) is 2.61. The average molecular weight is 135 g/mol. The number of nitrogens with zero attached hydrogens (tertiary/aromatic N) is 4. The molecule has 2 N–H and O–H groups in total. The van der Waals surface area contributed by atoms with Crippen molar-refractivity contribution in [1.82, 2.24) is 30.4 Å². The molecule has 0 spiro atoms. The van der Waals surface area contributed by atoms with Gasteiger partial charge in [-0.2, -0.15) is 0 Å². The van der Waals surface area contributed by atoms with Crippen molar-refractivity contribution >= 4 is 0 Å². The van der Waals surface area contributed by atoms with Crippen LogP contribution in [-0.2, 0) is 0 Å². The summed E-state index contributed by atoms with van der Waals surface area (Å²) in [6.07, 6.45) is 3.84. The van der Waals surface area contributed by atoms with Crippen LogP contribution in [0.5, 0.6) is 0 Å². The zero-order valence-electron chi connectivity index (χ0n) is 4.87. The zero-order valence-corrected chi connectivity index (χ0v) is 4.87. The molecule has 0 saturated carbocycles.